The van der Waals surface area contributed by atoms with Crippen LogP contribution in [-0.4, -0.2) is 37.7 Å². The molecule has 0 aliphatic rings. The zero-order valence-electron chi connectivity index (χ0n) is 11.7. The quantitative estimate of drug-likeness (QED) is 0.794. The summed E-state index contributed by atoms with van der Waals surface area (Å²) in [5.41, 5.74) is 6.26. The Balaban J connectivity index is 2.63. The van der Waals surface area contributed by atoms with E-state index in [-0.39, 0.29) is 6.03 Å². The van der Waals surface area contributed by atoms with E-state index in [0.717, 1.165) is 30.8 Å². The molecule has 0 aliphatic heterocycles. The molecule has 0 radical (unpaired) electrons. The van der Waals surface area contributed by atoms with Gasteiger partial charge in [-0.25, -0.2) is 4.79 Å². The van der Waals surface area contributed by atoms with E-state index in [2.05, 4.69) is 12.2 Å². The van der Waals surface area contributed by atoms with Crippen LogP contribution < -0.4 is 15.8 Å². The van der Waals surface area contributed by atoms with Crippen LogP contribution in [0.2, 0.25) is 0 Å². The highest BCUT2D eigenvalue weighted by atomic mass is 16.5. The number of hydrogen-bond donors (Lipinski definition) is 2. The van der Waals surface area contributed by atoms with Gasteiger partial charge in [0.2, 0.25) is 0 Å². The fourth-order valence-corrected chi connectivity index (χ4v) is 1.72. The molecule has 0 spiro atoms. The number of nitrogens with two attached hydrogens (primary N) is 1. The highest BCUT2D eigenvalue weighted by molar-refractivity contribution is 5.89. The Morgan fingerprint density at radius 2 is 2.21 bits per heavy atom. The number of rotatable bonds is 7. The monoisotopic (exact) mass is 265 g/mol. The maximum atomic E-state index is 12.1. The summed E-state index contributed by atoms with van der Waals surface area (Å²) in [7, 11) is 1.60. The van der Waals surface area contributed by atoms with Gasteiger partial charge in [0.15, 0.2) is 0 Å². The van der Waals surface area contributed by atoms with Gasteiger partial charge in [0.1, 0.15) is 5.75 Å². The van der Waals surface area contributed by atoms with Crippen LogP contribution in [0.5, 0.6) is 5.75 Å². The van der Waals surface area contributed by atoms with E-state index in [1.165, 1.54) is 0 Å². The van der Waals surface area contributed by atoms with Gasteiger partial charge in [-0.2, -0.15) is 0 Å². The average Bonchev–Trinajstić information content (AvgIpc) is 2.43. The summed E-state index contributed by atoms with van der Waals surface area (Å²) in [5, 5.41) is 2.86. The van der Waals surface area contributed by atoms with E-state index in [1.807, 2.05) is 18.2 Å². The van der Waals surface area contributed by atoms with E-state index < -0.39 is 0 Å². The largest absolute Gasteiger partial charge is 0.497 e. The van der Waals surface area contributed by atoms with Crippen LogP contribution in [0, 0.1) is 0 Å². The first-order valence-electron chi connectivity index (χ1n) is 6.61. The molecule has 3 N–H and O–H groups in total. The van der Waals surface area contributed by atoms with Gasteiger partial charge in [-0.3, -0.25) is 0 Å². The lowest BCUT2D eigenvalue weighted by Gasteiger charge is -2.22. The van der Waals surface area contributed by atoms with Crippen LogP contribution in [0.4, 0.5) is 10.5 Å². The standard InChI is InChI=1S/C14H23N3O2/c1-3-4-9-17(10-8-15)14(18)16-12-6-5-7-13(11-12)19-2/h5-7,11H,3-4,8-10,15H2,1-2H3,(H,16,18). The van der Waals surface area contributed by atoms with Gasteiger partial charge in [-0.15, -0.1) is 0 Å². The van der Waals surface area contributed by atoms with Crippen molar-refractivity contribution in [2.24, 2.45) is 5.73 Å². The van der Waals surface area contributed by atoms with Crippen LogP contribution in [0.15, 0.2) is 24.3 Å². The second-order valence-corrected chi connectivity index (χ2v) is 4.29. The van der Waals surface area contributed by atoms with Gasteiger partial charge >= 0.3 is 6.03 Å². The summed E-state index contributed by atoms with van der Waals surface area (Å²) in [6.45, 7) is 3.86. The van der Waals surface area contributed by atoms with Crippen molar-refractivity contribution in [2.45, 2.75) is 19.8 Å². The molecule has 19 heavy (non-hydrogen) atoms. The van der Waals surface area contributed by atoms with Gasteiger partial charge in [0.05, 0.1) is 7.11 Å². The summed E-state index contributed by atoms with van der Waals surface area (Å²) >= 11 is 0. The maximum Gasteiger partial charge on any atom is 0.321 e. The van der Waals surface area contributed by atoms with Crippen LogP contribution in [0.1, 0.15) is 19.8 Å². The third-order valence-electron chi connectivity index (χ3n) is 2.79. The van der Waals surface area contributed by atoms with Gasteiger partial charge in [-0.05, 0) is 18.6 Å². The number of carbonyl (C=O) groups is 1. The average molecular weight is 265 g/mol. The van der Waals surface area contributed by atoms with Crippen molar-refractivity contribution in [3.05, 3.63) is 24.3 Å². The van der Waals surface area contributed by atoms with E-state index >= 15 is 0 Å². The summed E-state index contributed by atoms with van der Waals surface area (Å²) in [4.78, 5) is 13.9. The van der Waals surface area contributed by atoms with Crippen molar-refractivity contribution >= 4 is 11.7 Å². The molecule has 0 bridgehead atoms. The Bertz CT molecular complexity index is 396. The van der Waals surface area contributed by atoms with Crippen molar-refractivity contribution in [2.75, 3.05) is 32.1 Å². The Morgan fingerprint density at radius 1 is 1.42 bits per heavy atom. The fraction of sp³-hybridized carbons (Fsp3) is 0.500. The SMILES string of the molecule is CCCCN(CCN)C(=O)Nc1cccc(OC)c1. The minimum absolute atomic E-state index is 0.118. The molecule has 106 valence electrons. The Labute approximate surface area is 114 Å². The number of hydrogen-bond acceptors (Lipinski definition) is 3. The van der Waals surface area contributed by atoms with E-state index in [9.17, 15) is 4.79 Å². The fourth-order valence-electron chi connectivity index (χ4n) is 1.72. The van der Waals surface area contributed by atoms with Crippen LogP contribution >= 0.6 is 0 Å². The molecule has 0 saturated heterocycles. The molecule has 5 heteroatoms. The third-order valence-corrected chi connectivity index (χ3v) is 2.79. The second-order valence-electron chi connectivity index (χ2n) is 4.29. The zero-order chi connectivity index (χ0) is 14.1. The highest BCUT2D eigenvalue weighted by Gasteiger charge is 2.12. The predicted molar refractivity (Wildman–Crippen MR) is 77.5 cm³/mol. The Kier molecular flexibility index (Phi) is 6.74. The molecule has 0 heterocycles. The minimum Gasteiger partial charge on any atom is -0.497 e. The number of anilines is 1. The molecule has 0 atom stereocenters. The van der Waals surface area contributed by atoms with Crippen molar-refractivity contribution in [3.63, 3.8) is 0 Å². The molecule has 2 amide bonds. The lowest BCUT2D eigenvalue weighted by atomic mass is 10.3. The number of amides is 2. The first kappa shape index (κ1) is 15.3. The van der Waals surface area contributed by atoms with Gasteiger partial charge in [-0.1, -0.05) is 19.4 Å². The molecule has 1 aromatic rings. The number of carbonyl (C=O) groups excluding carboxylic acids is 1. The first-order chi connectivity index (χ1) is 9.21. The summed E-state index contributed by atoms with van der Waals surface area (Å²) < 4.78 is 5.12. The van der Waals surface area contributed by atoms with Crippen LogP contribution in [0.3, 0.4) is 0 Å². The number of benzene rings is 1. The van der Waals surface area contributed by atoms with Gasteiger partial charge < -0.3 is 20.7 Å². The number of ether oxygens (including phenoxy) is 1. The van der Waals surface area contributed by atoms with E-state index in [1.54, 1.807) is 18.1 Å². The molecule has 0 aromatic heterocycles. The molecular weight excluding hydrogens is 242 g/mol. The summed E-state index contributed by atoms with van der Waals surface area (Å²) in [5.74, 6) is 0.719. The zero-order valence-corrected chi connectivity index (χ0v) is 11.7. The van der Waals surface area contributed by atoms with E-state index in [4.69, 9.17) is 10.5 Å². The topological polar surface area (TPSA) is 67.6 Å². The lowest BCUT2D eigenvalue weighted by Crippen LogP contribution is -2.39. The van der Waals surface area contributed by atoms with Crippen molar-refractivity contribution in [1.82, 2.24) is 4.90 Å². The number of methoxy groups -OCH3 is 1. The molecule has 1 rings (SSSR count). The molecule has 0 saturated carbocycles. The lowest BCUT2D eigenvalue weighted by molar-refractivity contribution is 0.212. The smallest absolute Gasteiger partial charge is 0.321 e. The van der Waals surface area contributed by atoms with Crippen molar-refractivity contribution in [1.29, 1.82) is 0 Å². The Morgan fingerprint density at radius 3 is 2.84 bits per heavy atom. The van der Waals surface area contributed by atoms with Gasteiger partial charge in [0, 0.05) is 31.4 Å². The normalized spacial score (nSPS) is 10.1. The summed E-state index contributed by atoms with van der Waals surface area (Å²) in [6, 6.07) is 7.18. The molecule has 5 nitrogen and oxygen atoms in total. The summed E-state index contributed by atoms with van der Waals surface area (Å²) in [6.07, 6.45) is 2.03. The van der Waals surface area contributed by atoms with Crippen LogP contribution in [-0.2, 0) is 0 Å². The highest BCUT2D eigenvalue weighted by Crippen LogP contribution is 2.17. The number of unbranched alkanes of at least 4 members (excludes halogenated alkanes) is 1. The van der Waals surface area contributed by atoms with Crippen LogP contribution in [0.25, 0.3) is 0 Å². The molecule has 1 aromatic carbocycles. The predicted octanol–water partition coefficient (Wildman–Crippen LogP) is 2.29. The van der Waals surface area contributed by atoms with E-state index in [0.29, 0.717) is 13.1 Å². The number of nitrogens with zero attached hydrogens (tertiary/aromatic N) is 1. The van der Waals surface area contributed by atoms with Crippen molar-refractivity contribution < 1.29 is 9.53 Å². The molecule has 0 aliphatic carbocycles. The molecular formula is C14H23N3O2. The van der Waals surface area contributed by atoms with Crippen molar-refractivity contribution in [3.8, 4) is 5.75 Å². The molecule has 0 fully saturated rings. The maximum absolute atomic E-state index is 12.1. The minimum atomic E-state index is -0.118. The Hall–Kier alpha value is -1.75. The first-order valence-corrected chi connectivity index (χ1v) is 6.61. The number of nitrogens with one attached hydrogen (secondary N) is 1. The second kappa shape index (κ2) is 8.37. The third kappa shape index (κ3) is 5.18. The van der Waals surface area contributed by atoms with Gasteiger partial charge in [0.25, 0.3) is 0 Å². The molecule has 0 unspecified atom stereocenters. The number of urea groups is 1.